The minimum absolute atomic E-state index is 0.0286. The Morgan fingerprint density at radius 2 is 1.48 bits per heavy atom. The molecule has 1 atom stereocenters. The highest BCUT2D eigenvalue weighted by atomic mass is 19.1. The van der Waals surface area contributed by atoms with Crippen LogP contribution in [0.3, 0.4) is 0 Å². The fraction of sp³-hybridized carbons (Fsp3) is 0.561. The van der Waals surface area contributed by atoms with Gasteiger partial charge in [0.25, 0.3) is 0 Å². The summed E-state index contributed by atoms with van der Waals surface area (Å²) < 4.78 is 41.6. The molecular formula is C41H54F2O5. The number of esters is 2. The summed E-state index contributed by atoms with van der Waals surface area (Å²) in [4.78, 5) is 24.0. The molecule has 262 valence electrons. The molecule has 1 unspecified atom stereocenters. The van der Waals surface area contributed by atoms with Crippen molar-refractivity contribution < 1.29 is 33.0 Å². The van der Waals surface area contributed by atoms with Crippen LogP contribution in [-0.4, -0.2) is 36.9 Å². The predicted molar refractivity (Wildman–Crippen MR) is 186 cm³/mol. The highest BCUT2D eigenvalue weighted by Crippen LogP contribution is 2.41. The number of ether oxygens (including phenoxy) is 2. The first-order valence-electron chi connectivity index (χ1n) is 18.0. The number of unbranched alkanes of at least 4 members (excludes halogenated alkanes) is 2. The molecule has 2 aromatic rings. The first-order chi connectivity index (χ1) is 23.1. The van der Waals surface area contributed by atoms with Gasteiger partial charge >= 0.3 is 11.9 Å². The van der Waals surface area contributed by atoms with Gasteiger partial charge in [-0.1, -0.05) is 70.0 Å². The van der Waals surface area contributed by atoms with Crippen LogP contribution in [0.5, 0.6) is 0 Å². The van der Waals surface area contributed by atoms with Crippen molar-refractivity contribution in [2.45, 2.75) is 109 Å². The van der Waals surface area contributed by atoms with Gasteiger partial charge in [0.2, 0.25) is 0 Å². The number of benzene rings is 2. The monoisotopic (exact) mass is 664 g/mol. The average Bonchev–Trinajstić information content (AvgIpc) is 3.09. The van der Waals surface area contributed by atoms with Gasteiger partial charge in [-0.3, -0.25) is 0 Å². The van der Waals surface area contributed by atoms with Gasteiger partial charge in [-0.2, -0.15) is 0 Å². The molecule has 4 rings (SSSR count). The maximum atomic E-state index is 15.5. The van der Waals surface area contributed by atoms with Crippen LogP contribution in [-0.2, 0) is 19.1 Å². The zero-order chi connectivity index (χ0) is 34.6. The number of aliphatic hydroxyl groups excluding tert-OH is 1. The fourth-order valence-electron chi connectivity index (χ4n) is 7.55. The quantitative estimate of drug-likeness (QED) is 0.110. The molecule has 2 aromatic carbocycles. The molecule has 2 fully saturated rings. The third-order valence-corrected chi connectivity index (χ3v) is 10.5. The topological polar surface area (TPSA) is 72.8 Å². The van der Waals surface area contributed by atoms with Gasteiger partial charge in [-0.05, 0) is 117 Å². The maximum Gasteiger partial charge on any atom is 0.335 e. The minimum Gasteiger partial charge on any atom is -0.462 e. The Bertz CT molecular complexity index is 1400. The van der Waals surface area contributed by atoms with Crippen LogP contribution in [0.2, 0.25) is 0 Å². The van der Waals surface area contributed by atoms with Crippen molar-refractivity contribution in [3.05, 3.63) is 83.5 Å². The van der Waals surface area contributed by atoms with E-state index in [-0.39, 0.29) is 48.2 Å². The van der Waals surface area contributed by atoms with E-state index in [1.807, 2.05) is 18.2 Å². The standard InChI is InChI=1S/C41H54F2O5/c1-5-6-7-8-29-9-15-33(16-10-29)36-20-18-35(23-39(36)43)37-19-17-34(22-38(37)42)32-13-11-30(12-14-32)21-31(25-47-40(45)27(2)3)26-48-41(46)28(4)24-44/h17-20,22-23,29-33,44H,2,4-16,21,24-26H2,1,3H3. The molecule has 0 aromatic heterocycles. The van der Waals surface area contributed by atoms with E-state index in [9.17, 15) is 9.59 Å². The van der Waals surface area contributed by atoms with Crippen molar-refractivity contribution in [1.29, 1.82) is 0 Å². The Hall–Kier alpha value is -3.32. The molecule has 0 amide bonds. The average molecular weight is 665 g/mol. The molecule has 2 aliphatic rings. The van der Waals surface area contributed by atoms with E-state index in [0.717, 1.165) is 68.4 Å². The summed E-state index contributed by atoms with van der Waals surface area (Å²) in [6, 6.07) is 10.6. The molecule has 0 spiro atoms. The van der Waals surface area contributed by atoms with Crippen LogP contribution in [0.25, 0.3) is 11.1 Å². The van der Waals surface area contributed by atoms with Gasteiger partial charge < -0.3 is 14.6 Å². The first kappa shape index (κ1) is 37.5. The van der Waals surface area contributed by atoms with E-state index >= 15 is 8.78 Å². The number of halogens is 2. The highest BCUT2D eigenvalue weighted by molar-refractivity contribution is 5.88. The Kier molecular flexibility index (Phi) is 14.4. The van der Waals surface area contributed by atoms with Crippen LogP contribution < -0.4 is 0 Å². The molecular weight excluding hydrogens is 610 g/mol. The highest BCUT2D eigenvalue weighted by Gasteiger charge is 2.28. The van der Waals surface area contributed by atoms with Crippen molar-refractivity contribution in [3.63, 3.8) is 0 Å². The van der Waals surface area contributed by atoms with E-state index in [0.29, 0.717) is 29.0 Å². The van der Waals surface area contributed by atoms with Crippen molar-refractivity contribution >= 4 is 11.9 Å². The molecule has 48 heavy (non-hydrogen) atoms. The van der Waals surface area contributed by atoms with Crippen molar-refractivity contribution in [3.8, 4) is 11.1 Å². The Morgan fingerprint density at radius 1 is 0.833 bits per heavy atom. The smallest absolute Gasteiger partial charge is 0.335 e. The van der Waals surface area contributed by atoms with Crippen molar-refractivity contribution in [2.24, 2.45) is 17.8 Å². The molecule has 7 heteroatoms. The lowest BCUT2D eigenvalue weighted by Crippen LogP contribution is -2.25. The van der Waals surface area contributed by atoms with Gasteiger partial charge in [0.15, 0.2) is 0 Å². The second-order valence-corrected chi connectivity index (χ2v) is 14.2. The van der Waals surface area contributed by atoms with E-state index in [4.69, 9.17) is 14.6 Å². The van der Waals surface area contributed by atoms with Gasteiger partial charge in [0, 0.05) is 17.1 Å². The second kappa shape index (κ2) is 18.4. The maximum absolute atomic E-state index is 15.5. The lowest BCUT2D eigenvalue weighted by Gasteiger charge is -2.31. The number of aliphatic hydroxyl groups is 1. The number of hydrogen-bond donors (Lipinski definition) is 1. The third kappa shape index (κ3) is 10.6. The Labute approximate surface area is 285 Å². The van der Waals surface area contributed by atoms with Crippen LogP contribution in [0, 0.1) is 29.4 Å². The van der Waals surface area contributed by atoms with Gasteiger partial charge in [0.05, 0.1) is 25.4 Å². The van der Waals surface area contributed by atoms with Gasteiger partial charge in [-0.25, -0.2) is 18.4 Å². The zero-order valence-corrected chi connectivity index (χ0v) is 28.9. The summed E-state index contributed by atoms with van der Waals surface area (Å²) in [5, 5.41) is 9.16. The number of carbonyl (C=O) groups is 2. The summed E-state index contributed by atoms with van der Waals surface area (Å²) in [5.41, 5.74) is 2.97. The number of hydrogen-bond acceptors (Lipinski definition) is 5. The van der Waals surface area contributed by atoms with Crippen molar-refractivity contribution in [1.82, 2.24) is 0 Å². The summed E-state index contributed by atoms with van der Waals surface area (Å²) in [6.45, 7) is 10.6. The van der Waals surface area contributed by atoms with E-state index in [2.05, 4.69) is 20.1 Å². The van der Waals surface area contributed by atoms with Crippen molar-refractivity contribution in [2.75, 3.05) is 19.8 Å². The lowest BCUT2D eigenvalue weighted by molar-refractivity contribution is -0.144. The summed E-state index contributed by atoms with van der Waals surface area (Å²) in [6.07, 6.45) is 13.8. The molecule has 5 nitrogen and oxygen atoms in total. The van der Waals surface area contributed by atoms with Crippen LogP contribution in [0.1, 0.15) is 120 Å². The Balaban J connectivity index is 1.31. The predicted octanol–water partition coefficient (Wildman–Crippen LogP) is 9.98. The third-order valence-electron chi connectivity index (χ3n) is 10.5. The number of carbonyl (C=O) groups excluding carboxylic acids is 2. The minimum atomic E-state index is -0.669. The molecule has 2 aliphatic carbocycles. The molecule has 0 saturated heterocycles. The van der Waals surface area contributed by atoms with Crippen LogP contribution in [0.15, 0.2) is 60.7 Å². The number of rotatable bonds is 16. The van der Waals surface area contributed by atoms with Gasteiger partial charge in [0.1, 0.15) is 11.6 Å². The van der Waals surface area contributed by atoms with E-state index in [1.165, 1.54) is 31.7 Å². The van der Waals surface area contributed by atoms with E-state index < -0.39 is 18.5 Å². The molecule has 0 radical (unpaired) electrons. The first-order valence-corrected chi connectivity index (χ1v) is 18.0. The molecule has 2 saturated carbocycles. The largest absolute Gasteiger partial charge is 0.462 e. The summed E-state index contributed by atoms with van der Waals surface area (Å²) >= 11 is 0. The van der Waals surface area contributed by atoms with E-state index in [1.54, 1.807) is 19.1 Å². The zero-order valence-electron chi connectivity index (χ0n) is 28.9. The molecule has 0 heterocycles. The summed E-state index contributed by atoms with van der Waals surface area (Å²) in [5.74, 6) is -0.381. The van der Waals surface area contributed by atoms with Gasteiger partial charge in [-0.15, -0.1) is 0 Å². The fourth-order valence-corrected chi connectivity index (χ4v) is 7.55. The second-order valence-electron chi connectivity index (χ2n) is 14.2. The molecule has 0 aliphatic heterocycles. The summed E-state index contributed by atoms with van der Waals surface area (Å²) in [7, 11) is 0. The van der Waals surface area contributed by atoms with Crippen LogP contribution >= 0.6 is 0 Å². The normalized spacial score (nSPS) is 21.7. The lowest BCUT2D eigenvalue weighted by atomic mass is 9.75. The Morgan fingerprint density at radius 3 is 2.08 bits per heavy atom. The molecule has 0 bridgehead atoms. The SMILES string of the molecule is C=C(C)C(=O)OCC(COC(=O)C(=C)CO)CC1CCC(c2ccc(-c3ccc(C4CCC(CCCCC)CC4)c(F)c3)c(F)c2)CC1. The molecule has 1 N–H and O–H groups in total. The van der Waals surface area contributed by atoms with Crippen LogP contribution in [0.4, 0.5) is 8.78 Å².